The molecule has 2 N–H and O–H groups in total. The molecule has 4 nitrogen and oxygen atoms in total. The van der Waals surface area contributed by atoms with E-state index in [4.69, 9.17) is 4.74 Å². The van der Waals surface area contributed by atoms with Crippen molar-refractivity contribution in [2.45, 2.75) is 25.3 Å². The molecule has 110 valence electrons. The largest absolute Gasteiger partial charge is 0.381 e. The van der Waals surface area contributed by atoms with Gasteiger partial charge in [0.05, 0.1) is 4.47 Å². The standard InChI is InChI=1S/C14H18BrFN2O2/c15-12-9-10(1-2-13(12)16)3-6-17-14(19)18-11-4-7-20-8-5-11/h1-2,9,11H,3-8H2,(H2,17,18,19). The minimum atomic E-state index is -0.279. The topological polar surface area (TPSA) is 50.4 Å². The number of nitrogens with one attached hydrogen (secondary N) is 2. The highest BCUT2D eigenvalue weighted by atomic mass is 79.9. The Labute approximate surface area is 126 Å². The SMILES string of the molecule is O=C(NCCc1ccc(F)c(Br)c1)NC1CCOCC1. The van der Waals surface area contributed by atoms with Crippen molar-refractivity contribution >= 4 is 22.0 Å². The Morgan fingerprint density at radius 1 is 1.40 bits per heavy atom. The molecule has 1 saturated heterocycles. The van der Waals surface area contributed by atoms with Crippen LogP contribution >= 0.6 is 15.9 Å². The minimum Gasteiger partial charge on any atom is -0.381 e. The number of hydrogen-bond donors (Lipinski definition) is 2. The van der Waals surface area contributed by atoms with E-state index in [1.165, 1.54) is 6.07 Å². The average Bonchev–Trinajstić information content (AvgIpc) is 2.44. The van der Waals surface area contributed by atoms with Crippen LogP contribution in [-0.2, 0) is 11.2 Å². The first-order valence-electron chi connectivity index (χ1n) is 6.71. The predicted molar refractivity (Wildman–Crippen MR) is 78.2 cm³/mol. The molecule has 1 aromatic carbocycles. The Kier molecular flexibility index (Phi) is 5.79. The van der Waals surface area contributed by atoms with Gasteiger partial charge < -0.3 is 15.4 Å². The molecule has 1 aliphatic rings. The Balaban J connectivity index is 1.69. The zero-order valence-electron chi connectivity index (χ0n) is 11.1. The average molecular weight is 345 g/mol. The zero-order chi connectivity index (χ0) is 14.4. The number of ether oxygens (including phenoxy) is 1. The molecule has 0 aliphatic carbocycles. The van der Waals surface area contributed by atoms with Gasteiger partial charge in [0.25, 0.3) is 0 Å². The van der Waals surface area contributed by atoms with Gasteiger partial charge >= 0.3 is 6.03 Å². The lowest BCUT2D eigenvalue weighted by Gasteiger charge is -2.23. The summed E-state index contributed by atoms with van der Waals surface area (Å²) in [5.74, 6) is -0.279. The van der Waals surface area contributed by atoms with Crippen molar-refractivity contribution in [1.29, 1.82) is 0 Å². The number of hydrogen-bond acceptors (Lipinski definition) is 2. The second-order valence-electron chi connectivity index (χ2n) is 4.79. The molecule has 1 aliphatic heterocycles. The van der Waals surface area contributed by atoms with Gasteiger partial charge in [-0.3, -0.25) is 0 Å². The molecule has 6 heteroatoms. The lowest BCUT2D eigenvalue weighted by Crippen LogP contribution is -2.44. The molecule has 0 saturated carbocycles. The van der Waals surface area contributed by atoms with Crippen LogP contribution in [0, 0.1) is 5.82 Å². The van der Waals surface area contributed by atoms with Crippen LogP contribution in [0.3, 0.4) is 0 Å². The Hall–Kier alpha value is -1.14. The van der Waals surface area contributed by atoms with Crippen LogP contribution in [0.15, 0.2) is 22.7 Å². The highest BCUT2D eigenvalue weighted by Crippen LogP contribution is 2.16. The van der Waals surface area contributed by atoms with E-state index in [2.05, 4.69) is 26.6 Å². The third-order valence-corrected chi connectivity index (χ3v) is 3.85. The van der Waals surface area contributed by atoms with Crippen LogP contribution in [0.2, 0.25) is 0 Å². The summed E-state index contributed by atoms with van der Waals surface area (Å²) in [6, 6.07) is 4.91. The highest BCUT2D eigenvalue weighted by molar-refractivity contribution is 9.10. The molecule has 1 fully saturated rings. The maximum absolute atomic E-state index is 13.1. The van der Waals surface area contributed by atoms with Gasteiger partial charge in [0.1, 0.15) is 5.82 Å². The van der Waals surface area contributed by atoms with Crippen LogP contribution in [0.4, 0.5) is 9.18 Å². The summed E-state index contributed by atoms with van der Waals surface area (Å²) in [5, 5.41) is 5.74. The van der Waals surface area contributed by atoms with Crippen molar-refractivity contribution in [2.24, 2.45) is 0 Å². The number of rotatable bonds is 4. The van der Waals surface area contributed by atoms with Crippen molar-refractivity contribution in [2.75, 3.05) is 19.8 Å². The van der Waals surface area contributed by atoms with Crippen LogP contribution in [0.1, 0.15) is 18.4 Å². The fourth-order valence-corrected chi connectivity index (χ4v) is 2.52. The highest BCUT2D eigenvalue weighted by Gasteiger charge is 2.15. The number of benzene rings is 1. The van der Waals surface area contributed by atoms with Crippen LogP contribution in [0.25, 0.3) is 0 Å². The molecule has 0 atom stereocenters. The van der Waals surface area contributed by atoms with Crippen LogP contribution in [0.5, 0.6) is 0 Å². The monoisotopic (exact) mass is 344 g/mol. The van der Waals surface area contributed by atoms with Gasteiger partial charge in [-0.25, -0.2) is 9.18 Å². The Bertz CT molecular complexity index is 464. The Morgan fingerprint density at radius 2 is 2.15 bits per heavy atom. The van der Waals surface area contributed by atoms with Gasteiger partial charge in [0.2, 0.25) is 0 Å². The first-order chi connectivity index (χ1) is 9.65. The minimum absolute atomic E-state index is 0.155. The van der Waals surface area contributed by atoms with E-state index < -0.39 is 0 Å². The zero-order valence-corrected chi connectivity index (χ0v) is 12.7. The summed E-state index contributed by atoms with van der Waals surface area (Å²) in [4.78, 5) is 11.7. The van der Waals surface area contributed by atoms with Crippen LogP contribution in [-0.4, -0.2) is 31.8 Å². The third kappa shape index (κ3) is 4.76. The van der Waals surface area contributed by atoms with Crippen LogP contribution < -0.4 is 10.6 Å². The van der Waals surface area contributed by atoms with Gasteiger partial charge in [-0.05, 0) is 52.9 Å². The van der Waals surface area contributed by atoms with E-state index in [-0.39, 0.29) is 17.9 Å². The summed E-state index contributed by atoms with van der Waals surface area (Å²) < 4.78 is 18.8. The third-order valence-electron chi connectivity index (χ3n) is 3.24. The molecule has 0 bridgehead atoms. The van der Waals surface area contributed by atoms with E-state index in [0.29, 0.717) is 30.7 Å². The Morgan fingerprint density at radius 3 is 2.85 bits per heavy atom. The first-order valence-corrected chi connectivity index (χ1v) is 7.50. The van der Waals surface area contributed by atoms with Crippen molar-refractivity contribution in [1.82, 2.24) is 10.6 Å². The van der Waals surface area contributed by atoms with E-state index in [1.807, 2.05) is 0 Å². The maximum atomic E-state index is 13.1. The summed E-state index contributed by atoms with van der Waals surface area (Å²) in [5.41, 5.74) is 0.977. The van der Waals surface area contributed by atoms with Gasteiger partial charge in [0.15, 0.2) is 0 Å². The normalized spacial score (nSPS) is 15.9. The molecule has 1 heterocycles. The summed E-state index contributed by atoms with van der Waals surface area (Å²) in [6.07, 6.45) is 2.39. The molecule has 0 aromatic heterocycles. The molecule has 2 rings (SSSR count). The molecule has 20 heavy (non-hydrogen) atoms. The number of halogens is 2. The number of amides is 2. The molecule has 0 unspecified atom stereocenters. The van der Waals surface area contributed by atoms with Crippen molar-refractivity contribution in [3.63, 3.8) is 0 Å². The summed E-state index contributed by atoms with van der Waals surface area (Å²) in [6.45, 7) is 1.93. The van der Waals surface area contributed by atoms with Crippen molar-refractivity contribution < 1.29 is 13.9 Å². The second kappa shape index (κ2) is 7.59. The summed E-state index contributed by atoms with van der Waals surface area (Å²) >= 11 is 3.15. The van der Waals surface area contributed by atoms with E-state index >= 15 is 0 Å². The van der Waals surface area contributed by atoms with Gasteiger partial charge in [-0.2, -0.15) is 0 Å². The maximum Gasteiger partial charge on any atom is 0.315 e. The molecule has 0 radical (unpaired) electrons. The molecular weight excluding hydrogens is 327 g/mol. The van der Waals surface area contributed by atoms with Crippen molar-refractivity contribution in [3.8, 4) is 0 Å². The smallest absolute Gasteiger partial charge is 0.315 e. The lowest BCUT2D eigenvalue weighted by molar-refractivity contribution is 0.0801. The van der Waals surface area contributed by atoms with Gasteiger partial charge in [-0.1, -0.05) is 6.07 Å². The first kappa shape index (κ1) is 15.3. The molecular formula is C14H18BrFN2O2. The molecule has 2 amide bonds. The molecule has 0 spiro atoms. The van der Waals surface area contributed by atoms with Crippen molar-refractivity contribution in [3.05, 3.63) is 34.1 Å². The number of carbonyl (C=O) groups excluding carboxylic acids is 1. The summed E-state index contributed by atoms with van der Waals surface area (Å²) in [7, 11) is 0. The number of carbonyl (C=O) groups is 1. The fourth-order valence-electron chi connectivity index (χ4n) is 2.09. The van der Waals surface area contributed by atoms with E-state index in [9.17, 15) is 9.18 Å². The lowest BCUT2D eigenvalue weighted by atomic mass is 10.1. The quantitative estimate of drug-likeness (QED) is 0.881. The second-order valence-corrected chi connectivity index (χ2v) is 5.64. The predicted octanol–water partition coefficient (Wildman–Crippen LogP) is 2.61. The van der Waals surface area contributed by atoms with E-state index in [0.717, 1.165) is 18.4 Å². The van der Waals surface area contributed by atoms with Gasteiger partial charge in [-0.15, -0.1) is 0 Å². The number of urea groups is 1. The van der Waals surface area contributed by atoms with Gasteiger partial charge in [0, 0.05) is 25.8 Å². The van der Waals surface area contributed by atoms with E-state index in [1.54, 1.807) is 12.1 Å². The molecule has 1 aromatic rings. The fraction of sp³-hybridized carbons (Fsp3) is 0.500.